The van der Waals surface area contributed by atoms with E-state index in [2.05, 4.69) is 10.3 Å². The minimum absolute atomic E-state index is 0.0179. The monoisotopic (exact) mass is 423 g/mol. The van der Waals surface area contributed by atoms with Crippen molar-refractivity contribution in [2.24, 2.45) is 0 Å². The minimum Gasteiger partial charge on any atom is -0.497 e. The van der Waals surface area contributed by atoms with Crippen molar-refractivity contribution < 1.29 is 14.3 Å². The number of aromatic nitrogens is 1. The Morgan fingerprint density at radius 1 is 1.21 bits per heavy atom. The van der Waals surface area contributed by atoms with Crippen LogP contribution in [0.15, 0.2) is 58.8 Å². The summed E-state index contributed by atoms with van der Waals surface area (Å²) in [6, 6.07) is 15.3. The summed E-state index contributed by atoms with van der Waals surface area (Å²) in [7, 11) is 1.63. The normalized spacial score (nSPS) is 19.8. The molecule has 8 heteroatoms. The van der Waals surface area contributed by atoms with Gasteiger partial charge in [-0.2, -0.15) is 0 Å². The highest BCUT2D eigenvalue weighted by molar-refractivity contribution is 8.02. The molecule has 3 heterocycles. The maximum Gasteiger partial charge on any atom is 0.263 e. The number of hydrogen-bond donors (Lipinski definition) is 1. The first kappa shape index (κ1) is 18.2. The van der Waals surface area contributed by atoms with Gasteiger partial charge in [0.05, 0.1) is 18.5 Å². The molecule has 3 aromatic rings. The molecule has 1 fully saturated rings. The highest BCUT2D eigenvalue weighted by atomic mass is 32.2. The molecule has 29 heavy (non-hydrogen) atoms. The molecule has 1 saturated heterocycles. The summed E-state index contributed by atoms with van der Waals surface area (Å²) in [5.41, 5.74) is 2.54. The van der Waals surface area contributed by atoms with Crippen LogP contribution in [0.25, 0.3) is 11.3 Å². The van der Waals surface area contributed by atoms with E-state index in [1.165, 1.54) is 23.1 Å². The van der Waals surface area contributed by atoms with Crippen molar-refractivity contribution in [2.45, 2.75) is 22.6 Å². The summed E-state index contributed by atoms with van der Waals surface area (Å²) in [5.74, 6) is 0.552. The van der Waals surface area contributed by atoms with Gasteiger partial charge >= 0.3 is 0 Å². The summed E-state index contributed by atoms with van der Waals surface area (Å²) in [5, 5.41) is 5.37. The highest BCUT2D eigenvalue weighted by Gasteiger charge is 2.57. The fourth-order valence-electron chi connectivity index (χ4n) is 3.72. The van der Waals surface area contributed by atoms with Gasteiger partial charge < -0.3 is 4.74 Å². The zero-order chi connectivity index (χ0) is 20.0. The predicted molar refractivity (Wildman–Crippen MR) is 114 cm³/mol. The zero-order valence-electron chi connectivity index (χ0n) is 15.5. The van der Waals surface area contributed by atoms with E-state index in [4.69, 9.17) is 4.74 Å². The molecule has 1 atom stereocenters. The number of ether oxygens (including phenoxy) is 1. The quantitative estimate of drug-likeness (QED) is 0.674. The van der Waals surface area contributed by atoms with Crippen molar-refractivity contribution >= 4 is 45.7 Å². The Labute approximate surface area is 175 Å². The molecule has 2 aliphatic rings. The van der Waals surface area contributed by atoms with Crippen LogP contribution < -0.4 is 15.0 Å². The van der Waals surface area contributed by atoms with E-state index in [1.54, 1.807) is 12.0 Å². The average molecular weight is 424 g/mol. The number of anilines is 2. The third-order valence-corrected chi connectivity index (χ3v) is 7.37. The molecule has 0 saturated carbocycles. The van der Waals surface area contributed by atoms with Crippen LogP contribution in [0, 0.1) is 0 Å². The van der Waals surface area contributed by atoms with Gasteiger partial charge in [0.15, 0.2) is 10.0 Å². The molecule has 0 spiro atoms. The van der Waals surface area contributed by atoms with Gasteiger partial charge in [-0.3, -0.25) is 19.8 Å². The second kappa shape index (κ2) is 6.89. The molecule has 0 bridgehead atoms. The number of nitrogens with zero attached hydrogens (tertiary/aromatic N) is 2. The number of rotatable bonds is 4. The number of thioether (sulfide) groups is 1. The number of fused-ring (bicyclic) bond motifs is 3. The third-order valence-electron chi connectivity index (χ3n) is 5.14. The number of carbonyl (C=O) groups is 2. The van der Waals surface area contributed by atoms with Gasteiger partial charge in [-0.25, -0.2) is 4.98 Å². The van der Waals surface area contributed by atoms with E-state index in [9.17, 15) is 9.59 Å². The van der Waals surface area contributed by atoms with Crippen molar-refractivity contribution in [2.75, 3.05) is 17.3 Å². The van der Waals surface area contributed by atoms with Gasteiger partial charge in [0, 0.05) is 22.3 Å². The summed E-state index contributed by atoms with van der Waals surface area (Å²) in [6.07, 6.45) is 0.845. The van der Waals surface area contributed by atoms with Gasteiger partial charge in [0.2, 0.25) is 5.91 Å². The Hall–Kier alpha value is -2.84. The SMILES string of the molecule is COc1ccc(-c2csc(NC(=O)C34CCC(=O)N3c3ccccc3S4)n2)cc1. The van der Waals surface area contributed by atoms with E-state index in [-0.39, 0.29) is 11.8 Å². The Bertz CT molecular complexity index is 1110. The molecule has 146 valence electrons. The second-order valence-corrected chi connectivity index (χ2v) is 8.98. The molecule has 0 aliphatic carbocycles. The van der Waals surface area contributed by atoms with Crippen molar-refractivity contribution in [1.29, 1.82) is 0 Å². The van der Waals surface area contributed by atoms with E-state index >= 15 is 0 Å². The topological polar surface area (TPSA) is 71.5 Å². The molecular formula is C21H17N3O3S2. The van der Waals surface area contributed by atoms with Crippen molar-refractivity contribution in [3.63, 3.8) is 0 Å². The van der Waals surface area contributed by atoms with Crippen LogP contribution in [0.4, 0.5) is 10.8 Å². The second-order valence-electron chi connectivity index (χ2n) is 6.80. The van der Waals surface area contributed by atoms with Crippen molar-refractivity contribution in [1.82, 2.24) is 4.98 Å². The molecule has 5 rings (SSSR count). The van der Waals surface area contributed by atoms with E-state index < -0.39 is 4.87 Å². The lowest BCUT2D eigenvalue weighted by Gasteiger charge is -2.29. The zero-order valence-corrected chi connectivity index (χ0v) is 17.2. The minimum atomic E-state index is -0.938. The van der Waals surface area contributed by atoms with Crippen LogP contribution in [0.5, 0.6) is 5.75 Å². The van der Waals surface area contributed by atoms with Gasteiger partial charge in [-0.15, -0.1) is 11.3 Å². The molecule has 2 aliphatic heterocycles. The van der Waals surface area contributed by atoms with Crippen molar-refractivity contribution in [3.8, 4) is 17.0 Å². The first-order valence-electron chi connectivity index (χ1n) is 9.13. The lowest BCUT2D eigenvalue weighted by atomic mass is 10.2. The van der Waals surface area contributed by atoms with E-state index in [1.807, 2.05) is 53.9 Å². The fraction of sp³-hybridized carbons (Fsp3) is 0.190. The van der Waals surface area contributed by atoms with Crippen LogP contribution in [-0.2, 0) is 9.59 Å². The third kappa shape index (κ3) is 2.90. The standard InChI is InChI=1S/C21H17N3O3S2/c1-27-14-8-6-13(7-9-14)15-12-28-20(22-15)23-19(26)21-11-10-18(25)24(21)16-4-2-3-5-17(16)29-21/h2-9,12H,10-11H2,1H3,(H,22,23,26). The predicted octanol–water partition coefficient (Wildman–Crippen LogP) is 4.39. The average Bonchev–Trinajstić information content (AvgIpc) is 3.43. The summed E-state index contributed by atoms with van der Waals surface area (Å²) < 4.78 is 5.19. The number of hydrogen-bond acceptors (Lipinski definition) is 6. The van der Waals surface area contributed by atoms with Gasteiger partial charge in [-0.1, -0.05) is 23.9 Å². The molecule has 6 nitrogen and oxygen atoms in total. The number of methoxy groups -OCH3 is 1. The number of carbonyl (C=O) groups excluding carboxylic acids is 2. The van der Waals surface area contributed by atoms with Gasteiger partial charge in [0.1, 0.15) is 5.75 Å². The van der Waals surface area contributed by atoms with E-state index in [0.29, 0.717) is 18.0 Å². The Kier molecular flexibility index (Phi) is 4.33. The Balaban J connectivity index is 1.39. The molecule has 1 aromatic heterocycles. The van der Waals surface area contributed by atoms with Gasteiger partial charge in [-0.05, 0) is 42.8 Å². The smallest absolute Gasteiger partial charge is 0.263 e. The number of thiazole rings is 1. The molecule has 2 aromatic carbocycles. The van der Waals surface area contributed by atoms with Crippen LogP contribution in [0.1, 0.15) is 12.8 Å². The van der Waals surface area contributed by atoms with Crippen LogP contribution in [0.3, 0.4) is 0 Å². The number of benzene rings is 2. The number of nitrogens with one attached hydrogen (secondary N) is 1. The van der Waals surface area contributed by atoms with Crippen molar-refractivity contribution in [3.05, 3.63) is 53.9 Å². The molecule has 1 unspecified atom stereocenters. The maximum atomic E-state index is 13.3. The lowest BCUT2D eigenvalue weighted by Crippen LogP contribution is -2.49. The molecule has 0 radical (unpaired) electrons. The number of para-hydroxylation sites is 1. The van der Waals surface area contributed by atoms with E-state index in [0.717, 1.165) is 27.6 Å². The maximum absolute atomic E-state index is 13.3. The van der Waals surface area contributed by atoms with Crippen LogP contribution in [0.2, 0.25) is 0 Å². The first-order chi connectivity index (χ1) is 14.1. The largest absolute Gasteiger partial charge is 0.497 e. The molecule has 2 amide bonds. The van der Waals surface area contributed by atoms with Gasteiger partial charge in [0.25, 0.3) is 5.91 Å². The Morgan fingerprint density at radius 2 is 2.00 bits per heavy atom. The Morgan fingerprint density at radius 3 is 2.79 bits per heavy atom. The van der Waals surface area contributed by atoms with Crippen LogP contribution in [-0.4, -0.2) is 28.8 Å². The highest BCUT2D eigenvalue weighted by Crippen LogP contribution is 2.56. The lowest BCUT2D eigenvalue weighted by molar-refractivity contribution is -0.121. The summed E-state index contributed by atoms with van der Waals surface area (Å²) in [6.45, 7) is 0. The van der Waals surface area contributed by atoms with Crippen LogP contribution >= 0.6 is 23.1 Å². The summed E-state index contributed by atoms with van der Waals surface area (Å²) in [4.78, 5) is 32.0. The fourth-order valence-corrected chi connectivity index (χ4v) is 5.85. The summed E-state index contributed by atoms with van der Waals surface area (Å²) >= 11 is 2.82. The number of amides is 2. The first-order valence-corrected chi connectivity index (χ1v) is 10.8. The molecule has 1 N–H and O–H groups in total. The molecular weight excluding hydrogens is 406 g/mol.